The summed E-state index contributed by atoms with van der Waals surface area (Å²) in [5.74, 6) is -0.749. The van der Waals surface area contributed by atoms with Gasteiger partial charge in [-0.25, -0.2) is 4.39 Å². The fourth-order valence-electron chi connectivity index (χ4n) is 4.27. The summed E-state index contributed by atoms with van der Waals surface area (Å²) >= 11 is 0. The lowest BCUT2D eigenvalue weighted by atomic mass is 10.1. The van der Waals surface area contributed by atoms with Gasteiger partial charge in [-0.3, -0.25) is 19.5 Å². The van der Waals surface area contributed by atoms with Crippen molar-refractivity contribution in [2.75, 3.05) is 49.5 Å². The van der Waals surface area contributed by atoms with E-state index < -0.39 is 0 Å². The van der Waals surface area contributed by atoms with Crippen LogP contribution in [0.1, 0.15) is 28.8 Å². The molecule has 7 nitrogen and oxygen atoms in total. The van der Waals surface area contributed by atoms with Gasteiger partial charge in [0, 0.05) is 63.6 Å². The first-order valence-corrected chi connectivity index (χ1v) is 12.4. The van der Waals surface area contributed by atoms with E-state index in [4.69, 9.17) is 0 Å². The van der Waals surface area contributed by atoms with Crippen molar-refractivity contribution < 1.29 is 14.0 Å². The highest BCUT2D eigenvalue weighted by Gasteiger charge is 2.19. The number of pyridine rings is 1. The number of hydrogen-bond acceptors (Lipinski definition) is 5. The molecule has 1 aliphatic rings. The van der Waals surface area contributed by atoms with Crippen molar-refractivity contribution in [3.05, 3.63) is 90.0 Å². The molecule has 4 rings (SSSR count). The molecule has 188 valence electrons. The molecule has 8 heteroatoms. The van der Waals surface area contributed by atoms with Gasteiger partial charge in [-0.15, -0.1) is 0 Å². The third-order valence-electron chi connectivity index (χ3n) is 6.33. The Balaban J connectivity index is 1.20. The van der Waals surface area contributed by atoms with Crippen LogP contribution in [0.3, 0.4) is 0 Å². The lowest BCUT2D eigenvalue weighted by molar-refractivity contribution is -0.116. The van der Waals surface area contributed by atoms with Crippen molar-refractivity contribution in [3.8, 4) is 0 Å². The minimum atomic E-state index is -0.383. The number of carbonyl (C=O) groups excluding carboxylic acids is 2. The number of amides is 2. The van der Waals surface area contributed by atoms with Gasteiger partial charge in [-0.2, -0.15) is 0 Å². The summed E-state index contributed by atoms with van der Waals surface area (Å²) in [7, 11) is 0. The van der Waals surface area contributed by atoms with Gasteiger partial charge in [-0.05, 0) is 66.9 Å². The number of nitrogens with one attached hydrogen (secondary N) is 2. The molecule has 3 aromatic rings. The van der Waals surface area contributed by atoms with Gasteiger partial charge in [-0.1, -0.05) is 12.1 Å². The topological polar surface area (TPSA) is 77.6 Å². The molecular formula is C28H32FN5O2. The summed E-state index contributed by atoms with van der Waals surface area (Å²) < 4.78 is 13.0. The summed E-state index contributed by atoms with van der Waals surface area (Å²) in [6.07, 6.45) is 5.49. The summed E-state index contributed by atoms with van der Waals surface area (Å²) in [4.78, 5) is 33.5. The van der Waals surface area contributed by atoms with Gasteiger partial charge in [0.15, 0.2) is 0 Å². The van der Waals surface area contributed by atoms with Crippen LogP contribution in [0.5, 0.6) is 0 Å². The Labute approximate surface area is 211 Å². The Hall–Kier alpha value is -3.78. The Morgan fingerprint density at radius 1 is 0.917 bits per heavy atom. The largest absolute Gasteiger partial charge is 0.367 e. The van der Waals surface area contributed by atoms with Crippen molar-refractivity contribution in [2.45, 2.75) is 19.3 Å². The lowest BCUT2D eigenvalue weighted by Gasteiger charge is -2.37. The fourth-order valence-corrected chi connectivity index (χ4v) is 4.27. The summed E-state index contributed by atoms with van der Waals surface area (Å²) in [5.41, 5.74) is 3.54. The number of nitrogens with zero attached hydrogens (tertiary/aromatic N) is 3. The first-order chi connectivity index (χ1) is 17.6. The molecule has 2 heterocycles. The average molecular weight is 490 g/mol. The zero-order valence-corrected chi connectivity index (χ0v) is 20.3. The smallest absolute Gasteiger partial charge is 0.251 e. The average Bonchev–Trinajstić information content (AvgIpc) is 2.91. The second-order valence-electron chi connectivity index (χ2n) is 8.87. The van der Waals surface area contributed by atoms with E-state index in [-0.39, 0.29) is 17.6 Å². The van der Waals surface area contributed by atoms with Crippen LogP contribution in [0.25, 0.3) is 0 Å². The molecule has 0 radical (unpaired) electrons. The Morgan fingerprint density at radius 3 is 2.39 bits per heavy atom. The second kappa shape index (κ2) is 12.8. The Kier molecular flexibility index (Phi) is 8.99. The number of anilines is 2. The minimum Gasteiger partial charge on any atom is -0.367 e. The first-order valence-electron chi connectivity index (χ1n) is 12.4. The lowest BCUT2D eigenvalue weighted by Crippen LogP contribution is -2.47. The third kappa shape index (κ3) is 7.36. The molecule has 0 spiro atoms. The predicted molar refractivity (Wildman–Crippen MR) is 140 cm³/mol. The van der Waals surface area contributed by atoms with Gasteiger partial charge < -0.3 is 15.5 Å². The first kappa shape index (κ1) is 25.3. The number of rotatable bonds is 10. The zero-order valence-electron chi connectivity index (χ0n) is 20.3. The van der Waals surface area contributed by atoms with Crippen molar-refractivity contribution in [1.82, 2.24) is 15.2 Å². The summed E-state index contributed by atoms with van der Waals surface area (Å²) in [6, 6.07) is 17.4. The maximum atomic E-state index is 13.0. The van der Waals surface area contributed by atoms with E-state index >= 15 is 0 Å². The van der Waals surface area contributed by atoms with E-state index in [0.29, 0.717) is 24.9 Å². The minimum absolute atomic E-state index is 0.0885. The van der Waals surface area contributed by atoms with Crippen molar-refractivity contribution in [1.29, 1.82) is 0 Å². The standard InChI is InChI=1S/C28H32FN5O2/c29-24-9-7-23(8-10-24)28(36)31-14-3-6-27(35)32-25-4-1-2-5-26(25)34-20-18-33(19-21-34)17-13-22-11-15-30-16-12-22/h1-2,4-5,7-12,15-16H,3,6,13-14,17-21H2,(H,31,36)(H,32,35). The van der Waals surface area contributed by atoms with Crippen LogP contribution in [-0.2, 0) is 11.2 Å². The van der Waals surface area contributed by atoms with E-state index in [2.05, 4.69) is 37.6 Å². The van der Waals surface area contributed by atoms with Gasteiger partial charge in [0.1, 0.15) is 5.82 Å². The van der Waals surface area contributed by atoms with E-state index in [0.717, 1.165) is 50.5 Å². The molecule has 2 N–H and O–H groups in total. The molecule has 0 atom stereocenters. The van der Waals surface area contributed by atoms with Crippen LogP contribution in [0.2, 0.25) is 0 Å². The molecule has 0 saturated carbocycles. The van der Waals surface area contributed by atoms with E-state index in [1.165, 1.54) is 29.8 Å². The molecule has 2 amide bonds. The van der Waals surface area contributed by atoms with E-state index in [9.17, 15) is 14.0 Å². The monoisotopic (exact) mass is 489 g/mol. The molecule has 0 unspecified atom stereocenters. The van der Waals surface area contributed by atoms with Crippen LogP contribution in [0, 0.1) is 5.82 Å². The van der Waals surface area contributed by atoms with Crippen LogP contribution in [0.4, 0.5) is 15.8 Å². The fraction of sp³-hybridized carbons (Fsp3) is 0.321. The van der Waals surface area contributed by atoms with Gasteiger partial charge in [0.2, 0.25) is 5.91 Å². The van der Waals surface area contributed by atoms with Crippen molar-refractivity contribution in [3.63, 3.8) is 0 Å². The highest BCUT2D eigenvalue weighted by Crippen LogP contribution is 2.27. The van der Waals surface area contributed by atoms with Crippen molar-refractivity contribution >= 4 is 23.2 Å². The maximum Gasteiger partial charge on any atom is 0.251 e. The highest BCUT2D eigenvalue weighted by molar-refractivity contribution is 5.95. The van der Waals surface area contributed by atoms with Crippen LogP contribution < -0.4 is 15.5 Å². The molecule has 1 aliphatic heterocycles. The van der Waals surface area contributed by atoms with Crippen LogP contribution >= 0.6 is 0 Å². The highest BCUT2D eigenvalue weighted by atomic mass is 19.1. The normalized spacial score (nSPS) is 13.9. The Morgan fingerprint density at radius 2 is 1.64 bits per heavy atom. The molecule has 36 heavy (non-hydrogen) atoms. The molecule has 0 aliphatic carbocycles. The summed E-state index contributed by atoms with van der Waals surface area (Å²) in [5, 5.41) is 5.81. The number of carbonyl (C=O) groups is 2. The van der Waals surface area contributed by atoms with Gasteiger partial charge in [0.05, 0.1) is 11.4 Å². The predicted octanol–water partition coefficient (Wildman–Crippen LogP) is 3.73. The number of hydrogen-bond donors (Lipinski definition) is 2. The molecule has 2 aromatic carbocycles. The van der Waals surface area contributed by atoms with Gasteiger partial charge >= 0.3 is 0 Å². The Bertz CT molecular complexity index is 1130. The maximum absolute atomic E-state index is 13.0. The number of aromatic nitrogens is 1. The molecule has 1 aromatic heterocycles. The number of halogens is 1. The number of benzene rings is 2. The molecule has 1 saturated heterocycles. The van der Waals surface area contributed by atoms with E-state index in [1.54, 1.807) is 0 Å². The quantitative estimate of drug-likeness (QED) is 0.425. The number of piperazine rings is 1. The molecular weight excluding hydrogens is 457 g/mol. The van der Waals surface area contributed by atoms with Crippen LogP contribution in [0.15, 0.2) is 73.1 Å². The van der Waals surface area contributed by atoms with Crippen LogP contribution in [-0.4, -0.2) is 61.0 Å². The number of para-hydroxylation sites is 2. The van der Waals surface area contributed by atoms with Crippen molar-refractivity contribution in [2.24, 2.45) is 0 Å². The third-order valence-corrected chi connectivity index (χ3v) is 6.33. The van der Waals surface area contributed by atoms with E-state index in [1.807, 2.05) is 36.7 Å². The van der Waals surface area contributed by atoms with Gasteiger partial charge in [0.25, 0.3) is 5.91 Å². The summed E-state index contributed by atoms with van der Waals surface area (Å²) in [6.45, 7) is 5.14. The molecule has 1 fully saturated rings. The second-order valence-corrected chi connectivity index (χ2v) is 8.87. The molecule has 0 bridgehead atoms. The zero-order chi connectivity index (χ0) is 25.2. The SMILES string of the molecule is O=C(CCCNC(=O)c1ccc(F)cc1)Nc1ccccc1N1CCN(CCc2ccncc2)CC1.